The average Bonchev–Trinajstić information content (AvgIpc) is 2.47. The number of nitriles is 1. The molecule has 0 unspecified atom stereocenters. The van der Waals surface area contributed by atoms with E-state index in [1.807, 2.05) is 0 Å². The maximum absolute atomic E-state index is 12.7. The predicted molar refractivity (Wildman–Crippen MR) is 75.6 cm³/mol. The Balaban J connectivity index is 2.44. The summed E-state index contributed by atoms with van der Waals surface area (Å²) in [6.45, 7) is 0. The van der Waals surface area contributed by atoms with E-state index < -0.39 is 15.6 Å². The first-order chi connectivity index (χ1) is 9.44. The van der Waals surface area contributed by atoms with Crippen LogP contribution in [0.3, 0.4) is 0 Å². The Labute approximate surface area is 124 Å². The SMILES string of the molecule is CN(C1(C#N)CCCCC1)S(=O)(=O)c1cnccc1Cl. The quantitative estimate of drug-likeness (QED) is 0.859. The highest BCUT2D eigenvalue weighted by atomic mass is 35.5. The van der Waals surface area contributed by atoms with Crippen molar-refractivity contribution in [2.24, 2.45) is 0 Å². The van der Waals surface area contributed by atoms with Crippen LogP contribution < -0.4 is 0 Å². The zero-order chi connectivity index (χ0) is 14.8. The molecule has 0 aromatic carbocycles. The van der Waals surface area contributed by atoms with Crippen molar-refractivity contribution >= 4 is 21.6 Å². The van der Waals surface area contributed by atoms with Crippen LogP contribution in [0.25, 0.3) is 0 Å². The van der Waals surface area contributed by atoms with Gasteiger partial charge < -0.3 is 0 Å². The summed E-state index contributed by atoms with van der Waals surface area (Å²) in [7, 11) is -2.37. The molecule has 108 valence electrons. The first-order valence-electron chi connectivity index (χ1n) is 6.44. The van der Waals surface area contributed by atoms with Crippen LogP contribution in [0.2, 0.25) is 5.02 Å². The lowest BCUT2D eigenvalue weighted by Gasteiger charge is -2.38. The third kappa shape index (κ3) is 2.53. The van der Waals surface area contributed by atoms with Gasteiger partial charge in [-0.3, -0.25) is 4.98 Å². The predicted octanol–water partition coefficient (Wildman–Crippen LogP) is 2.58. The summed E-state index contributed by atoms with van der Waals surface area (Å²) in [6, 6.07) is 3.63. The molecule has 1 fully saturated rings. The largest absolute Gasteiger partial charge is 0.263 e. The molecule has 0 saturated heterocycles. The topological polar surface area (TPSA) is 74.1 Å². The average molecular weight is 314 g/mol. The molecule has 0 bridgehead atoms. The zero-order valence-corrected chi connectivity index (χ0v) is 12.8. The van der Waals surface area contributed by atoms with Gasteiger partial charge in [-0.2, -0.15) is 9.57 Å². The Morgan fingerprint density at radius 2 is 2.05 bits per heavy atom. The van der Waals surface area contributed by atoms with E-state index in [0.29, 0.717) is 12.8 Å². The number of hydrogen-bond acceptors (Lipinski definition) is 4. The first kappa shape index (κ1) is 15.2. The number of nitrogens with zero attached hydrogens (tertiary/aromatic N) is 3. The third-order valence-electron chi connectivity index (χ3n) is 3.86. The van der Waals surface area contributed by atoms with E-state index in [2.05, 4.69) is 11.1 Å². The number of pyridine rings is 1. The molecule has 20 heavy (non-hydrogen) atoms. The van der Waals surface area contributed by atoms with Crippen LogP contribution in [-0.4, -0.2) is 30.3 Å². The Morgan fingerprint density at radius 1 is 1.40 bits per heavy atom. The lowest BCUT2D eigenvalue weighted by atomic mass is 9.83. The van der Waals surface area contributed by atoms with E-state index in [-0.39, 0.29) is 9.92 Å². The molecule has 1 heterocycles. The lowest BCUT2D eigenvalue weighted by Crippen LogP contribution is -2.49. The summed E-state index contributed by atoms with van der Waals surface area (Å²) in [6.07, 6.45) is 6.51. The fourth-order valence-corrected chi connectivity index (χ4v) is 4.45. The molecule has 0 N–H and O–H groups in total. The highest BCUT2D eigenvalue weighted by molar-refractivity contribution is 7.89. The van der Waals surface area contributed by atoms with E-state index in [1.165, 1.54) is 29.8 Å². The van der Waals surface area contributed by atoms with Crippen molar-refractivity contribution in [2.45, 2.75) is 42.5 Å². The van der Waals surface area contributed by atoms with Crippen molar-refractivity contribution in [3.05, 3.63) is 23.5 Å². The Morgan fingerprint density at radius 3 is 2.60 bits per heavy atom. The van der Waals surface area contributed by atoms with Crippen molar-refractivity contribution in [1.29, 1.82) is 5.26 Å². The van der Waals surface area contributed by atoms with Crippen LogP contribution in [0.4, 0.5) is 0 Å². The van der Waals surface area contributed by atoms with E-state index in [4.69, 9.17) is 11.6 Å². The molecule has 0 amide bonds. The number of rotatable bonds is 3. The second-order valence-electron chi connectivity index (χ2n) is 4.98. The molecule has 1 aliphatic rings. The Bertz CT molecular complexity index is 633. The number of halogens is 1. The monoisotopic (exact) mass is 313 g/mol. The van der Waals surface area contributed by atoms with Gasteiger partial charge in [-0.05, 0) is 18.9 Å². The minimum Gasteiger partial charge on any atom is -0.263 e. The normalized spacial score (nSPS) is 18.7. The Hall–Kier alpha value is -1.16. The maximum Gasteiger partial charge on any atom is 0.247 e. The van der Waals surface area contributed by atoms with Gasteiger partial charge in [-0.1, -0.05) is 30.9 Å². The molecule has 7 heteroatoms. The molecule has 0 atom stereocenters. The van der Waals surface area contributed by atoms with Crippen LogP contribution in [0.15, 0.2) is 23.4 Å². The van der Waals surface area contributed by atoms with Crippen molar-refractivity contribution in [3.8, 4) is 6.07 Å². The summed E-state index contributed by atoms with van der Waals surface area (Å²) in [5.41, 5.74) is -0.976. The third-order valence-corrected chi connectivity index (χ3v) is 6.26. The lowest BCUT2D eigenvalue weighted by molar-refractivity contribution is 0.212. The van der Waals surface area contributed by atoms with Gasteiger partial charge in [0.05, 0.1) is 11.1 Å². The highest BCUT2D eigenvalue weighted by Gasteiger charge is 2.43. The van der Waals surface area contributed by atoms with Gasteiger partial charge in [0.15, 0.2) is 0 Å². The molecule has 1 aromatic rings. The Kier molecular flexibility index (Phi) is 4.33. The number of hydrogen-bond donors (Lipinski definition) is 0. The first-order valence-corrected chi connectivity index (χ1v) is 8.26. The maximum atomic E-state index is 12.7. The zero-order valence-electron chi connectivity index (χ0n) is 11.2. The van der Waals surface area contributed by atoms with Crippen LogP contribution in [0.1, 0.15) is 32.1 Å². The van der Waals surface area contributed by atoms with Gasteiger partial charge in [0.1, 0.15) is 10.4 Å². The van der Waals surface area contributed by atoms with Crippen molar-refractivity contribution in [2.75, 3.05) is 7.05 Å². The molecule has 1 saturated carbocycles. The van der Waals surface area contributed by atoms with Crippen LogP contribution in [-0.2, 0) is 10.0 Å². The fourth-order valence-electron chi connectivity index (χ4n) is 2.56. The molecular formula is C13H16ClN3O2S. The van der Waals surface area contributed by atoms with Crippen molar-refractivity contribution in [1.82, 2.24) is 9.29 Å². The highest BCUT2D eigenvalue weighted by Crippen LogP contribution is 2.36. The smallest absolute Gasteiger partial charge is 0.247 e. The number of aromatic nitrogens is 1. The van der Waals surface area contributed by atoms with Crippen molar-refractivity contribution < 1.29 is 8.42 Å². The molecule has 0 radical (unpaired) electrons. The van der Waals surface area contributed by atoms with Gasteiger partial charge >= 0.3 is 0 Å². The van der Waals surface area contributed by atoms with Gasteiger partial charge in [-0.15, -0.1) is 0 Å². The van der Waals surface area contributed by atoms with Crippen LogP contribution >= 0.6 is 11.6 Å². The molecule has 1 aliphatic carbocycles. The molecule has 0 spiro atoms. The second kappa shape index (κ2) is 5.68. The minimum atomic E-state index is -3.82. The summed E-state index contributed by atoms with van der Waals surface area (Å²) in [5.74, 6) is 0. The second-order valence-corrected chi connectivity index (χ2v) is 7.33. The van der Waals surface area contributed by atoms with Crippen molar-refractivity contribution in [3.63, 3.8) is 0 Å². The molecule has 2 rings (SSSR count). The van der Waals surface area contributed by atoms with E-state index >= 15 is 0 Å². The van der Waals surface area contributed by atoms with Gasteiger partial charge in [0.2, 0.25) is 10.0 Å². The fraction of sp³-hybridized carbons (Fsp3) is 0.538. The summed E-state index contributed by atoms with van der Waals surface area (Å²) >= 11 is 5.95. The molecular weight excluding hydrogens is 298 g/mol. The van der Waals surface area contributed by atoms with E-state index in [9.17, 15) is 13.7 Å². The number of sulfonamides is 1. The minimum absolute atomic E-state index is 0.0515. The van der Waals surface area contributed by atoms with Crippen LogP contribution in [0.5, 0.6) is 0 Å². The summed E-state index contributed by atoms with van der Waals surface area (Å²) in [4.78, 5) is 3.76. The molecule has 5 nitrogen and oxygen atoms in total. The summed E-state index contributed by atoms with van der Waals surface area (Å²) in [5, 5.41) is 9.61. The molecule has 1 aromatic heterocycles. The standard InChI is InChI=1S/C13H16ClN3O2S/c1-17(13(10-15)6-3-2-4-7-13)20(18,19)12-9-16-8-5-11(12)14/h5,8-9H,2-4,6-7H2,1H3. The van der Waals surface area contributed by atoms with E-state index in [0.717, 1.165) is 19.3 Å². The van der Waals surface area contributed by atoms with Gasteiger partial charge in [-0.25, -0.2) is 8.42 Å². The van der Waals surface area contributed by atoms with Gasteiger partial charge in [0.25, 0.3) is 0 Å². The van der Waals surface area contributed by atoms with E-state index in [1.54, 1.807) is 0 Å². The molecule has 0 aliphatic heterocycles. The van der Waals surface area contributed by atoms with Crippen LogP contribution in [0, 0.1) is 11.3 Å². The summed E-state index contributed by atoms with van der Waals surface area (Å²) < 4.78 is 26.5. The van der Waals surface area contributed by atoms with Gasteiger partial charge in [0, 0.05) is 19.4 Å².